The Balaban J connectivity index is 1.53. The predicted molar refractivity (Wildman–Crippen MR) is 120 cm³/mol. The molecule has 4 rings (SSSR count). The molecule has 7 heteroatoms. The van der Waals surface area contributed by atoms with E-state index in [9.17, 15) is 18.7 Å². The average Bonchev–Trinajstić information content (AvgIpc) is 2.83. The van der Waals surface area contributed by atoms with E-state index >= 15 is 0 Å². The van der Waals surface area contributed by atoms with E-state index < -0.39 is 6.10 Å². The molecule has 1 aliphatic rings. The van der Waals surface area contributed by atoms with Crippen molar-refractivity contribution in [3.8, 4) is 5.75 Å². The summed E-state index contributed by atoms with van der Waals surface area (Å²) in [6.45, 7) is 0.0997. The quantitative estimate of drug-likeness (QED) is 0.467. The Hall–Kier alpha value is -3.29. The molecule has 1 aliphatic heterocycles. The van der Waals surface area contributed by atoms with Gasteiger partial charge in [0, 0.05) is 5.69 Å². The number of ether oxygens (including phenoxy) is 1. The number of benzene rings is 3. The van der Waals surface area contributed by atoms with Crippen molar-refractivity contribution in [3.05, 3.63) is 95.6 Å². The number of halogens is 2. The highest BCUT2D eigenvalue weighted by atomic mass is 19.1. The van der Waals surface area contributed by atoms with Crippen molar-refractivity contribution in [1.82, 2.24) is 0 Å². The molecule has 0 spiro atoms. The number of hydrogen-bond donors (Lipinski definition) is 2. The van der Waals surface area contributed by atoms with E-state index in [1.54, 1.807) is 29.2 Å². The highest BCUT2D eigenvalue weighted by Crippen LogP contribution is 2.46. The normalized spacial score (nSPS) is 18.7. The molecule has 1 amide bonds. The Morgan fingerprint density at radius 2 is 1.52 bits per heavy atom. The van der Waals surface area contributed by atoms with Crippen LogP contribution in [0.3, 0.4) is 0 Å². The lowest BCUT2D eigenvalue weighted by atomic mass is 9.78. The molecule has 0 bridgehead atoms. The summed E-state index contributed by atoms with van der Waals surface area (Å²) in [6.07, 6.45) is -0.0381. The van der Waals surface area contributed by atoms with Crippen LogP contribution in [-0.4, -0.2) is 29.3 Å². The van der Waals surface area contributed by atoms with Crippen LogP contribution in [0.25, 0.3) is 0 Å². The second-order valence-electron chi connectivity index (χ2n) is 8.02. The third-order valence-electron chi connectivity index (χ3n) is 5.91. The van der Waals surface area contributed by atoms with Gasteiger partial charge in [0.1, 0.15) is 24.0 Å². The van der Waals surface area contributed by atoms with Gasteiger partial charge in [0.05, 0.1) is 24.7 Å². The molecular weight excluding hydrogens is 428 g/mol. The van der Waals surface area contributed by atoms with Crippen molar-refractivity contribution in [1.29, 1.82) is 0 Å². The Labute approximate surface area is 190 Å². The predicted octanol–water partition coefficient (Wildman–Crippen LogP) is 4.55. The zero-order chi connectivity index (χ0) is 23.4. The second-order valence-corrected chi connectivity index (χ2v) is 8.02. The van der Waals surface area contributed by atoms with Crippen LogP contribution in [0, 0.1) is 17.6 Å². The van der Waals surface area contributed by atoms with E-state index in [1.807, 2.05) is 12.1 Å². The lowest BCUT2D eigenvalue weighted by molar-refractivity contribution is -0.131. The van der Waals surface area contributed by atoms with Gasteiger partial charge in [-0.25, -0.2) is 8.78 Å². The summed E-state index contributed by atoms with van der Waals surface area (Å²) in [5.74, 6) is -0.614. The van der Waals surface area contributed by atoms with Gasteiger partial charge in [0.25, 0.3) is 0 Å². The molecule has 33 heavy (non-hydrogen) atoms. The summed E-state index contributed by atoms with van der Waals surface area (Å²) in [4.78, 5) is 14.7. The Kier molecular flexibility index (Phi) is 7.01. The molecule has 0 aliphatic carbocycles. The monoisotopic (exact) mass is 453 g/mol. The first kappa shape index (κ1) is 22.9. The van der Waals surface area contributed by atoms with Crippen LogP contribution in [-0.2, 0) is 4.79 Å². The van der Waals surface area contributed by atoms with Crippen molar-refractivity contribution in [2.45, 2.75) is 25.0 Å². The zero-order valence-corrected chi connectivity index (χ0v) is 17.9. The van der Waals surface area contributed by atoms with Gasteiger partial charge in [0.2, 0.25) is 5.91 Å². The van der Waals surface area contributed by atoms with Crippen LogP contribution in [0.15, 0.2) is 72.8 Å². The number of nitrogens with zero attached hydrogens (tertiary/aromatic N) is 1. The highest BCUT2D eigenvalue weighted by molar-refractivity contribution is 6.03. The Morgan fingerprint density at radius 1 is 0.909 bits per heavy atom. The van der Waals surface area contributed by atoms with E-state index in [0.717, 1.165) is 5.56 Å². The summed E-state index contributed by atoms with van der Waals surface area (Å²) >= 11 is 0. The Bertz CT molecular complexity index is 1070. The zero-order valence-electron chi connectivity index (χ0n) is 17.9. The third-order valence-corrected chi connectivity index (χ3v) is 5.91. The molecule has 1 heterocycles. The summed E-state index contributed by atoms with van der Waals surface area (Å²) in [5, 5.41) is 19.5. The van der Waals surface area contributed by atoms with E-state index in [-0.39, 0.29) is 42.7 Å². The van der Waals surface area contributed by atoms with Gasteiger partial charge in [-0.1, -0.05) is 24.3 Å². The first-order valence-electron chi connectivity index (χ1n) is 10.8. The van der Waals surface area contributed by atoms with E-state index in [4.69, 9.17) is 9.84 Å². The number of hydrogen-bond acceptors (Lipinski definition) is 4. The van der Waals surface area contributed by atoms with E-state index in [2.05, 4.69) is 0 Å². The first-order chi connectivity index (χ1) is 16.0. The van der Waals surface area contributed by atoms with E-state index in [0.29, 0.717) is 29.8 Å². The summed E-state index contributed by atoms with van der Waals surface area (Å²) in [6, 6.07) is 18.5. The fourth-order valence-corrected chi connectivity index (χ4v) is 4.21. The molecule has 3 aromatic carbocycles. The van der Waals surface area contributed by atoms with Crippen LogP contribution in [0.4, 0.5) is 14.5 Å². The summed E-state index contributed by atoms with van der Waals surface area (Å²) in [5.41, 5.74) is 2.08. The minimum atomic E-state index is -0.812. The van der Waals surface area contributed by atoms with Gasteiger partial charge in [-0.3, -0.25) is 4.79 Å². The molecule has 2 N–H and O–H groups in total. The smallest absolute Gasteiger partial charge is 0.233 e. The lowest BCUT2D eigenvalue weighted by Gasteiger charge is -2.48. The van der Waals surface area contributed by atoms with Gasteiger partial charge in [-0.2, -0.15) is 0 Å². The molecule has 1 saturated heterocycles. The molecule has 3 aromatic rings. The molecule has 0 aromatic heterocycles. The highest BCUT2D eigenvalue weighted by Gasteiger charge is 2.48. The van der Waals surface area contributed by atoms with Crippen molar-refractivity contribution in [3.63, 3.8) is 0 Å². The standard InChI is InChI=1S/C26H25F2NO4/c27-19-5-1-17(2-6-19)24(31)14-13-23-25(18-3-11-22(12-4-18)33-16-15-30)29(26(23)32)21-9-7-20(28)8-10-21/h1-12,23-25,30-31H,13-16H2/t23-,24+,25-/m1/s1. The number of amides is 1. The minimum Gasteiger partial charge on any atom is -0.491 e. The maximum absolute atomic E-state index is 13.4. The molecule has 172 valence electrons. The van der Waals surface area contributed by atoms with Gasteiger partial charge >= 0.3 is 0 Å². The maximum atomic E-state index is 13.4. The molecule has 3 atom stereocenters. The van der Waals surface area contributed by atoms with Crippen LogP contribution in [0.2, 0.25) is 0 Å². The van der Waals surface area contributed by atoms with Crippen LogP contribution >= 0.6 is 0 Å². The second kappa shape index (κ2) is 10.1. The van der Waals surface area contributed by atoms with Gasteiger partial charge < -0.3 is 19.8 Å². The number of aliphatic hydroxyl groups is 2. The van der Waals surface area contributed by atoms with Crippen LogP contribution in [0.5, 0.6) is 5.75 Å². The van der Waals surface area contributed by atoms with Crippen molar-refractivity contribution in [2.24, 2.45) is 5.92 Å². The molecule has 0 unspecified atom stereocenters. The topological polar surface area (TPSA) is 70.0 Å². The van der Waals surface area contributed by atoms with E-state index in [1.165, 1.54) is 36.4 Å². The molecular formula is C26H25F2NO4. The van der Waals surface area contributed by atoms with Crippen molar-refractivity contribution < 1.29 is 28.5 Å². The number of carbonyl (C=O) groups is 1. The summed E-state index contributed by atoms with van der Waals surface area (Å²) in [7, 11) is 0. The van der Waals surface area contributed by atoms with Crippen LogP contribution in [0.1, 0.15) is 36.1 Å². The Morgan fingerprint density at radius 3 is 2.12 bits per heavy atom. The average molecular weight is 453 g/mol. The van der Waals surface area contributed by atoms with Gasteiger partial charge in [0.15, 0.2) is 0 Å². The molecule has 0 radical (unpaired) electrons. The number of β-lactam (4-membered cyclic amide) rings is 1. The number of aliphatic hydroxyl groups excluding tert-OH is 2. The van der Waals surface area contributed by atoms with Crippen LogP contribution < -0.4 is 9.64 Å². The largest absolute Gasteiger partial charge is 0.491 e. The molecule has 1 fully saturated rings. The number of anilines is 1. The lowest BCUT2D eigenvalue weighted by Crippen LogP contribution is -2.55. The summed E-state index contributed by atoms with van der Waals surface area (Å²) < 4.78 is 32.0. The molecule has 0 saturated carbocycles. The van der Waals surface area contributed by atoms with Gasteiger partial charge in [-0.05, 0) is 72.5 Å². The fourth-order valence-electron chi connectivity index (χ4n) is 4.21. The number of rotatable bonds is 9. The first-order valence-corrected chi connectivity index (χ1v) is 10.8. The number of carbonyl (C=O) groups excluding carboxylic acids is 1. The maximum Gasteiger partial charge on any atom is 0.233 e. The third kappa shape index (κ3) is 5.05. The van der Waals surface area contributed by atoms with Gasteiger partial charge in [-0.15, -0.1) is 0 Å². The van der Waals surface area contributed by atoms with Crippen molar-refractivity contribution in [2.75, 3.05) is 18.1 Å². The SMILES string of the molecule is O=C1[C@H](CC[C@H](O)c2ccc(F)cc2)[C@@H](c2ccc(OCCO)cc2)N1c1ccc(F)cc1. The minimum absolute atomic E-state index is 0.0876. The van der Waals surface area contributed by atoms with Crippen molar-refractivity contribution >= 4 is 11.6 Å². The fraction of sp³-hybridized carbons (Fsp3) is 0.269. The molecule has 5 nitrogen and oxygen atoms in total.